The van der Waals surface area contributed by atoms with Crippen molar-refractivity contribution in [2.24, 2.45) is 0 Å². The number of carbonyl (C=O) groups is 1. The first kappa shape index (κ1) is 19.7. The molecule has 0 aliphatic carbocycles. The Balaban J connectivity index is 1.92. The second kappa shape index (κ2) is 8.73. The third-order valence-electron chi connectivity index (χ3n) is 4.74. The van der Waals surface area contributed by atoms with Gasteiger partial charge in [0.25, 0.3) is 5.91 Å². The SMILES string of the molecule is CCN(CC)c1ccc2cc(-c3ccc(/C=C(\C#N)C(=O)NC)s3)ccc2c1. The predicted octanol–water partition coefficient (Wildman–Crippen LogP) is 5.07. The maximum atomic E-state index is 11.7. The molecule has 1 heterocycles. The first-order chi connectivity index (χ1) is 13.6. The molecule has 0 bridgehead atoms. The van der Waals surface area contributed by atoms with Crippen LogP contribution < -0.4 is 10.2 Å². The van der Waals surface area contributed by atoms with E-state index in [1.165, 1.54) is 23.5 Å². The van der Waals surface area contributed by atoms with Crippen molar-refractivity contribution in [2.45, 2.75) is 13.8 Å². The molecule has 142 valence electrons. The van der Waals surface area contributed by atoms with E-state index in [1.54, 1.807) is 17.4 Å². The maximum absolute atomic E-state index is 11.7. The number of hydrogen-bond donors (Lipinski definition) is 1. The lowest BCUT2D eigenvalue weighted by Gasteiger charge is -2.21. The number of fused-ring (bicyclic) bond motifs is 1. The molecule has 0 fully saturated rings. The Kier molecular flexibility index (Phi) is 6.13. The van der Waals surface area contributed by atoms with Gasteiger partial charge in [0.15, 0.2) is 0 Å². The summed E-state index contributed by atoms with van der Waals surface area (Å²) in [5.74, 6) is -0.368. The number of likely N-dealkylation sites (N-methyl/N-ethyl adjacent to an activating group) is 1. The minimum atomic E-state index is -0.368. The Hall–Kier alpha value is -3.10. The van der Waals surface area contributed by atoms with Gasteiger partial charge in [-0.15, -0.1) is 11.3 Å². The van der Waals surface area contributed by atoms with E-state index in [9.17, 15) is 4.79 Å². The van der Waals surface area contributed by atoms with Crippen LogP contribution in [0.15, 0.2) is 54.1 Å². The highest BCUT2D eigenvalue weighted by Crippen LogP contribution is 2.32. The van der Waals surface area contributed by atoms with Gasteiger partial charge < -0.3 is 10.2 Å². The van der Waals surface area contributed by atoms with Crippen molar-refractivity contribution in [3.63, 3.8) is 0 Å². The minimum Gasteiger partial charge on any atom is -0.372 e. The third kappa shape index (κ3) is 4.08. The molecule has 0 aliphatic heterocycles. The zero-order valence-electron chi connectivity index (χ0n) is 16.3. The van der Waals surface area contributed by atoms with Gasteiger partial charge in [-0.2, -0.15) is 5.26 Å². The Morgan fingerprint density at radius 3 is 2.50 bits per heavy atom. The fraction of sp³-hybridized carbons (Fsp3) is 0.217. The molecule has 0 saturated heterocycles. The van der Waals surface area contributed by atoms with Crippen molar-refractivity contribution in [1.29, 1.82) is 5.26 Å². The number of anilines is 1. The summed E-state index contributed by atoms with van der Waals surface area (Å²) in [5.41, 5.74) is 2.48. The van der Waals surface area contributed by atoms with Crippen LogP contribution in [0, 0.1) is 11.3 Å². The average Bonchev–Trinajstić information content (AvgIpc) is 3.20. The predicted molar refractivity (Wildman–Crippen MR) is 118 cm³/mol. The van der Waals surface area contributed by atoms with E-state index in [0.29, 0.717) is 0 Å². The van der Waals surface area contributed by atoms with Gasteiger partial charge in [0.1, 0.15) is 11.6 Å². The molecule has 2 aromatic carbocycles. The standard InChI is InChI=1S/C23H23N3OS/c1-4-26(5-2)20-9-8-16-12-18(7-6-17(16)13-20)22-11-10-21(28-22)14-19(15-24)23(27)25-3/h6-14H,4-5H2,1-3H3,(H,25,27)/b19-14+. The van der Waals surface area contributed by atoms with Crippen molar-refractivity contribution < 1.29 is 4.79 Å². The van der Waals surface area contributed by atoms with E-state index in [4.69, 9.17) is 5.26 Å². The summed E-state index contributed by atoms with van der Waals surface area (Å²) in [6, 6.07) is 18.9. The topological polar surface area (TPSA) is 56.1 Å². The second-order valence-corrected chi connectivity index (χ2v) is 7.48. The monoisotopic (exact) mass is 389 g/mol. The Bertz CT molecular complexity index is 1070. The van der Waals surface area contributed by atoms with Crippen molar-refractivity contribution in [3.8, 4) is 16.5 Å². The molecular weight excluding hydrogens is 366 g/mol. The first-order valence-electron chi connectivity index (χ1n) is 9.32. The number of amides is 1. The molecule has 0 aliphatic rings. The molecule has 1 N–H and O–H groups in total. The summed E-state index contributed by atoms with van der Waals surface area (Å²) in [6.45, 7) is 6.32. The van der Waals surface area contributed by atoms with Crippen LogP contribution in [0.2, 0.25) is 0 Å². The van der Waals surface area contributed by atoms with Crippen LogP contribution in [0.5, 0.6) is 0 Å². The third-order valence-corrected chi connectivity index (χ3v) is 5.82. The maximum Gasteiger partial charge on any atom is 0.261 e. The molecule has 28 heavy (non-hydrogen) atoms. The van der Waals surface area contributed by atoms with Crippen molar-refractivity contribution in [3.05, 3.63) is 59.0 Å². The van der Waals surface area contributed by atoms with Crippen LogP contribution in [-0.4, -0.2) is 26.0 Å². The molecule has 0 unspecified atom stereocenters. The Morgan fingerprint density at radius 2 is 1.82 bits per heavy atom. The van der Waals surface area contributed by atoms with Gasteiger partial charge in [-0.25, -0.2) is 0 Å². The van der Waals surface area contributed by atoms with Crippen LogP contribution in [0.1, 0.15) is 18.7 Å². The van der Waals surface area contributed by atoms with Crippen LogP contribution in [0.25, 0.3) is 27.3 Å². The Labute approximate surface area is 169 Å². The molecule has 0 atom stereocenters. The lowest BCUT2D eigenvalue weighted by atomic mass is 10.0. The Morgan fingerprint density at radius 1 is 1.11 bits per heavy atom. The van der Waals surface area contributed by atoms with Gasteiger partial charge in [-0.1, -0.05) is 18.2 Å². The number of thiophene rings is 1. The highest BCUT2D eigenvalue weighted by Gasteiger charge is 2.09. The van der Waals surface area contributed by atoms with E-state index < -0.39 is 0 Å². The number of hydrogen-bond acceptors (Lipinski definition) is 4. The molecule has 0 saturated carbocycles. The van der Waals surface area contributed by atoms with Crippen molar-refractivity contribution in [1.82, 2.24) is 5.32 Å². The summed E-state index contributed by atoms with van der Waals surface area (Å²) in [4.78, 5) is 16.0. The molecule has 1 amide bonds. The number of nitrogens with one attached hydrogen (secondary N) is 1. The van der Waals surface area contributed by atoms with Crippen LogP contribution in [0.3, 0.4) is 0 Å². The van der Waals surface area contributed by atoms with E-state index in [2.05, 4.69) is 60.5 Å². The highest BCUT2D eigenvalue weighted by molar-refractivity contribution is 7.16. The first-order valence-corrected chi connectivity index (χ1v) is 10.1. The fourth-order valence-corrected chi connectivity index (χ4v) is 4.13. The molecule has 5 heteroatoms. The number of carbonyl (C=O) groups excluding carboxylic acids is 1. The van der Waals surface area contributed by atoms with Crippen molar-refractivity contribution >= 4 is 39.8 Å². The number of nitrogens with zero attached hydrogens (tertiary/aromatic N) is 2. The molecule has 4 nitrogen and oxygen atoms in total. The quantitative estimate of drug-likeness (QED) is 0.473. The summed E-state index contributed by atoms with van der Waals surface area (Å²) in [5, 5.41) is 14.1. The van der Waals surface area contributed by atoms with Crippen LogP contribution >= 0.6 is 11.3 Å². The molecule has 1 aromatic heterocycles. The average molecular weight is 390 g/mol. The lowest BCUT2D eigenvalue weighted by molar-refractivity contribution is -0.116. The van der Waals surface area contributed by atoms with Gasteiger partial charge in [0.05, 0.1) is 0 Å². The van der Waals surface area contributed by atoms with E-state index in [0.717, 1.165) is 28.4 Å². The normalized spacial score (nSPS) is 11.3. The number of nitriles is 1. The summed E-state index contributed by atoms with van der Waals surface area (Å²) >= 11 is 1.57. The molecule has 0 spiro atoms. The molecule has 0 radical (unpaired) electrons. The summed E-state index contributed by atoms with van der Waals surface area (Å²) in [6.07, 6.45) is 1.63. The van der Waals surface area contributed by atoms with Crippen LogP contribution in [-0.2, 0) is 4.79 Å². The van der Waals surface area contributed by atoms with E-state index >= 15 is 0 Å². The number of benzene rings is 2. The van der Waals surface area contributed by atoms with Gasteiger partial charge >= 0.3 is 0 Å². The molecular formula is C23H23N3OS. The molecule has 3 aromatic rings. The zero-order chi connectivity index (χ0) is 20.1. The van der Waals surface area contributed by atoms with Crippen LogP contribution in [0.4, 0.5) is 5.69 Å². The van der Waals surface area contributed by atoms with Gasteiger partial charge in [-0.05, 0) is 66.6 Å². The van der Waals surface area contributed by atoms with Crippen molar-refractivity contribution in [2.75, 3.05) is 25.0 Å². The van der Waals surface area contributed by atoms with Gasteiger partial charge in [-0.3, -0.25) is 4.79 Å². The zero-order valence-corrected chi connectivity index (χ0v) is 17.1. The van der Waals surface area contributed by atoms with E-state index in [-0.39, 0.29) is 11.5 Å². The lowest BCUT2D eigenvalue weighted by Crippen LogP contribution is -2.21. The fourth-order valence-electron chi connectivity index (χ4n) is 3.18. The van der Waals surface area contributed by atoms with Gasteiger partial charge in [0.2, 0.25) is 0 Å². The highest BCUT2D eigenvalue weighted by atomic mass is 32.1. The second-order valence-electron chi connectivity index (χ2n) is 6.37. The summed E-state index contributed by atoms with van der Waals surface area (Å²) < 4.78 is 0. The van der Waals surface area contributed by atoms with E-state index in [1.807, 2.05) is 18.2 Å². The minimum absolute atomic E-state index is 0.110. The molecule has 3 rings (SSSR count). The summed E-state index contributed by atoms with van der Waals surface area (Å²) in [7, 11) is 1.52. The largest absolute Gasteiger partial charge is 0.372 e. The van der Waals surface area contributed by atoms with Gasteiger partial charge in [0, 0.05) is 35.6 Å². The smallest absolute Gasteiger partial charge is 0.261 e. The number of rotatable bonds is 6.